The largest absolute Gasteiger partial charge is 0.350 e. The van der Waals surface area contributed by atoms with Crippen LogP contribution >= 0.6 is 0 Å². The van der Waals surface area contributed by atoms with E-state index in [0.29, 0.717) is 0 Å². The summed E-state index contributed by atoms with van der Waals surface area (Å²) in [4.78, 5) is 25.9. The van der Waals surface area contributed by atoms with Crippen LogP contribution in [0.3, 0.4) is 0 Å². The van der Waals surface area contributed by atoms with Gasteiger partial charge in [0.2, 0.25) is 15.9 Å². The highest BCUT2D eigenvalue weighted by molar-refractivity contribution is 7.92. The highest BCUT2D eigenvalue weighted by Crippen LogP contribution is 2.26. The van der Waals surface area contributed by atoms with Gasteiger partial charge in [0.1, 0.15) is 6.04 Å². The molecule has 2 aromatic rings. The summed E-state index contributed by atoms with van der Waals surface area (Å²) in [6.07, 6.45) is 3.67. The van der Waals surface area contributed by atoms with E-state index in [2.05, 4.69) is 10.2 Å². The van der Waals surface area contributed by atoms with Crippen LogP contribution in [0.25, 0.3) is 0 Å². The van der Waals surface area contributed by atoms with E-state index in [1.165, 1.54) is 36.6 Å². The number of amides is 1. The smallest absolute Gasteiger partial charge is 0.271 e. The molecule has 1 aliphatic rings. The first-order chi connectivity index (χ1) is 15.7. The summed E-state index contributed by atoms with van der Waals surface area (Å²) >= 11 is 0. The summed E-state index contributed by atoms with van der Waals surface area (Å²) in [7, 11) is -3.87. The van der Waals surface area contributed by atoms with E-state index in [0.717, 1.165) is 41.8 Å². The zero-order chi connectivity index (χ0) is 24.0. The van der Waals surface area contributed by atoms with Crippen molar-refractivity contribution in [2.75, 3.05) is 23.7 Å². The monoisotopic (exact) mass is 474 g/mol. The number of nitro benzene ring substituents is 1. The summed E-state index contributed by atoms with van der Waals surface area (Å²) in [6.45, 7) is 5.12. The molecule has 178 valence electrons. The zero-order valence-electron chi connectivity index (χ0n) is 18.9. The lowest BCUT2D eigenvalue weighted by atomic mass is 10.1. The van der Waals surface area contributed by atoms with Gasteiger partial charge in [0.25, 0.3) is 5.69 Å². The molecule has 0 saturated carbocycles. The third kappa shape index (κ3) is 6.52. The van der Waals surface area contributed by atoms with Crippen LogP contribution < -0.4 is 9.62 Å². The summed E-state index contributed by atoms with van der Waals surface area (Å²) in [5.41, 5.74) is 1.96. The number of non-ortho nitro benzene ring substituents is 1. The fourth-order valence-electron chi connectivity index (χ4n) is 4.07. The average molecular weight is 475 g/mol. The average Bonchev–Trinajstić information content (AvgIpc) is 3.29. The van der Waals surface area contributed by atoms with Crippen LogP contribution in [-0.4, -0.2) is 49.5 Å². The van der Waals surface area contributed by atoms with E-state index in [4.69, 9.17) is 0 Å². The number of carbonyl (C=O) groups is 1. The number of hydrogen-bond donors (Lipinski definition) is 1. The fraction of sp³-hybridized carbons (Fsp3) is 0.435. The first kappa shape index (κ1) is 24.7. The number of hydrogen-bond acceptors (Lipinski definition) is 6. The summed E-state index contributed by atoms with van der Waals surface area (Å²) in [5.74, 6) is -0.462. The third-order valence-corrected chi connectivity index (χ3v) is 6.90. The Morgan fingerprint density at radius 1 is 1.15 bits per heavy atom. The molecule has 1 saturated heterocycles. The van der Waals surface area contributed by atoms with Crippen molar-refractivity contribution < 1.29 is 18.1 Å². The molecule has 10 heteroatoms. The second kappa shape index (κ2) is 10.8. The maximum absolute atomic E-state index is 13.0. The molecule has 1 aliphatic heterocycles. The molecule has 1 N–H and O–H groups in total. The Morgan fingerprint density at radius 3 is 2.36 bits per heavy atom. The molecule has 3 rings (SSSR count). The van der Waals surface area contributed by atoms with E-state index < -0.39 is 26.9 Å². The van der Waals surface area contributed by atoms with Crippen molar-refractivity contribution in [1.82, 2.24) is 10.2 Å². The number of rotatable bonds is 10. The van der Waals surface area contributed by atoms with Crippen molar-refractivity contribution in [3.05, 3.63) is 69.8 Å². The molecule has 1 atom stereocenters. The van der Waals surface area contributed by atoms with Crippen molar-refractivity contribution in [2.45, 2.75) is 45.3 Å². The van der Waals surface area contributed by atoms with Gasteiger partial charge in [-0.15, -0.1) is 0 Å². The molecule has 0 bridgehead atoms. The van der Waals surface area contributed by atoms with Crippen LogP contribution in [0.15, 0.2) is 48.5 Å². The molecule has 0 aromatic heterocycles. The van der Waals surface area contributed by atoms with E-state index in [1.807, 2.05) is 24.3 Å². The van der Waals surface area contributed by atoms with Gasteiger partial charge in [0.15, 0.2) is 0 Å². The van der Waals surface area contributed by atoms with Crippen LogP contribution in [0.5, 0.6) is 0 Å². The maximum Gasteiger partial charge on any atom is 0.271 e. The van der Waals surface area contributed by atoms with E-state index >= 15 is 0 Å². The minimum absolute atomic E-state index is 0.0833. The lowest BCUT2D eigenvalue weighted by Crippen LogP contribution is -2.49. The quantitative estimate of drug-likeness (QED) is 0.418. The molecule has 1 heterocycles. The molecule has 33 heavy (non-hydrogen) atoms. The number of likely N-dealkylation sites (tertiary alicyclic amines) is 1. The summed E-state index contributed by atoms with van der Waals surface area (Å²) < 4.78 is 26.0. The van der Waals surface area contributed by atoms with Gasteiger partial charge in [-0.25, -0.2) is 8.42 Å². The van der Waals surface area contributed by atoms with Crippen molar-refractivity contribution in [3.63, 3.8) is 0 Å². The van der Waals surface area contributed by atoms with Gasteiger partial charge < -0.3 is 5.32 Å². The molecular weight excluding hydrogens is 444 g/mol. The Labute approximate surface area is 194 Å². The van der Waals surface area contributed by atoms with E-state index in [1.54, 1.807) is 6.92 Å². The Morgan fingerprint density at radius 2 is 1.79 bits per heavy atom. The molecule has 1 amide bonds. The molecular formula is C23H30N4O5S. The third-order valence-electron chi connectivity index (χ3n) is 5.72. The van der Waals surface area contributed by atoms with Crippen molar-refractivity contribution in [1.29, 1.82) is 0 Å². The highest BCUT2D eigenvalue weighted by atomic mass is 32.2. The van der Waals surface area contributed by atoms with Gasteiger partial charge in [0.05, 0.1) is 16.9 Å². The van der Waals surface area contributed by atoms with Crippen LogP contribution in [-0.2, 0) is 27.9 Å². The first-order valence-corrected chi connectivity index (χ1v) is 12.9. The van der Waals surface area contributed by atoms with Crippen LogP contribution in [0, 0.1) is 10.1 Å². The Balaban J connectivity index is 1.70. The summed E-state index contributed by atoms with van der Waals surface area (Å²) in [5, 5.41) is 13.9. The maximum atomic E-state index is 13.0. The number of nitrogens with one attached hydrogen (secondary N) is 1. The second-order valence-corrected chi connectivity index (χ2v) is 10.1. The lowest BCUT2D eigenvalue weighted by molar-refractivity contribution is -0.384. The Hall–Kier alpha value is -2.98. The molecule has 0 aliphatic carbocycles. The molecule has 1 fully saturated rings. The standard InChI is InChI=1S/C23H30N4O5S/c1-3-22(26(33(2,31)32)20-7-6-8-21(15-20)27(29)30)23(28)24-16-18-9-11-19(12-10-18)17-25-13-4-5-14-25/h6-12,15,22H,3-5,13-14,16-17H2,1-2H3,(H,24,28)/t22-/m1/s1. The van der Waals surface area contributed by atoms with Gasteiger partial charge in [-0.05, 0) is 49.5 Å². The number of carbonyl (C=O) groups excluding carboxylic acids is 1. The molecule has 2 aromatic carbocycles. The van der Waals surface area contributed by atoms with Gasteiger partial charge in [0, 0.05) is 25.2 Å². The Bertz CT molecular complexity index is 1080. The van der Waals surface area contributed by atoms with E-state index in [9.17, 15) is 23.3 Å². The molecule has 0 unspecified atom stereocenters. The molecule has 9 nitrogen and oxygen atoms in total. The molecule has 0 spiro atoms. The Kier molecular flexibility index (Phi) is 8.04. The first-order valence-electron chi connectivity index (χ1n) is 11.0. The number of nitrogens with zero attached hydrogens (tertiary/aromatic N) is 3. The number of sulfonamides is 1. The van der Waals surface area contributed by atoms with Gasteiger partial charge in [-0.2, -0.15) is 0 Å². The van der Waals surface area contributed by atoms with Gasteiger partial charge in [-0.1, -0.05) is 37.3 Å². The molecule has 0 radical (unpaired) electrons. The minimum atomic E-state index is -3.87. The van der Waals surface area contributed by atoms with Crippen LogP contribution in [0.2, 0.25) is 0 Å². The predicted molar refractivity (Wildman–Crippen MR) is 127 cm³/mol. The van der Waals surface area contributed by atoms with Crippen LogP contribution in [0.1, 0.15) is 37.3 Å². The van der Waals surface area contributed by atoms with Crippen molar-refractivity contribution in [3.8, 4) is 0 Å². The number of anilines is 1. The zero-order valence-corrected chi connectivity index (χ0v) is 19.8. The van der Waals surface area contributed by atoms with E-state index in [-0.39, 0.29) is 24.3 Å². The number of benzene rings is 2. The number of nitro groups is 1. The fourth-order valence-corrected chi connectivity index (χ4v) is 5.28. The van der Waals surface area contributed by atoms with Crippen LogP contribution in [0.4, 0.5) is 11.4 Å². The topological polar surface area (TPSA) is 113 Å². The van der Waals surface area contributed by atoms with Gasteiger partial charge in [-0.3, -0.25) is 24.1 Å². The minimum Gasteiger partial charge on any atom is -0.350 e. The van der Waals surface area contributed by atoms with Gasteiger partial charge >= 0.3 is 0 Å². The van der Waals surface area contributed by atoms with Crippen molar-refractivity contribution in [2.24, 2.45) is 0 Å². The normalized spacial score (nSPS) is 15.2. The van der Waals surface area contributed by atoms with Crippen molar-refractivity contribution >= 4 is 27.3 Å². The lowest BCUT2D eigenvalue weighted by Gasteiger charge is -2.30. The SMILES string of the molecule is CC[C@H](C(=O)NCc1ccc(CN2CCCC2)cc1)N(c1cccc([N+](=O)[O-])c1)S(C)(=O)=O. The second-order valence-electron chi connectivity index (χ2n) is 8.28. The highest BCUT2D eigenvalue weighted by Gasteiger charge is 2.32. The predicted octanol–water partition coefficient (Wildman–Crippen LogP) is 3.05. The summed E-state index contributed by atoms with van der Waals surface area (Å²) in [6, 6.07) is 12.3.